The first kappa shape index (κ1) is 15.8. The largest absolute Gasteiger partial charge is 0.392 e. The molecule has 18 heavy (non-hydrogen) atoms. The number of alkyl halides is 3. The van der Waals surface area contributed by atoms with Crippen molar-refractivity contribution in [3.05, 3.63) is 0 Å². The van der Waals surface area contributed by atoms with Gasteiger partial charge in [0.25, 0.3) is 0 Å². The summed E-state index contributed by atoms with van der Waals surface area (Å²) in [5.41, 5.74) is 5.63. The number of rotatable bonds is 5. The predicted octanol–water partition coefficient (Wildman–Crippen LogP) is 2.93. The average molecular weight is 266 g/mol. The van der Waals surface area contributed by atoms with E-state index in [9.17, 15) is 13.2 Å². The predicted molar refractivity (Wildman–Crippen MR) is 67.2 cm³/mol. The van der Waals surface area contributed by atoms with Gasteiger partial charge in [-0.3, -0.25) is 0 Å². The summed E-state index contributed by atoms with van der Waals surface area (Å²) in [5, 5.41) is 3.22. The van der Waals surface area contributed by atoms with Crippen molar-refractivity contribution in [2.45, 2.75) is 51.7 Å². The second-order valence-corrected chi connectivity index (χ2v) is 5.69. The molecule has 0 amide bonds. The standard InChI is InChI=1S/C13H25F3N2/c1-9(2)12(7-17)18-8-10-5-3-4-6-11(10)13(14,15)16/h9-12,18H,3-8,17H2,1-2H3. The molecule has 0 heterocycles. The van der Waals surface area contributed by atoms with Gasteiger partial charge in [-0.2, -0.15) is 13.2 Å². The molecule has 3 atom stereocenters. The highest BCUT2D eigenvalue weighted by Crippen LogP contribution is 2.41. The highest BCUT2D eigenvalue weighted by Gasteiger charge is 2.45. The molecule has 1 aliphatic carbocycles. The molecular formula is C13H25F3N2. The van der Waals surface area contributed by atoms with E-state index in [2.05, 4.69) is 5.32 Å². The van der Waals surface area contributed by atoms with Gasteiger partial charge in [0.15, 0.2) is 0 Å². The van der Waals surface area contributed by atoms with Gasteiger partial charge < -0.3 is 11.1 Å². The molecule has 1 rings (SSSR count). The van der Waals surface area contributed by atoms with Crippen LogP contribution in [0.15, 0.2) is 0 Å². The van der Waals surface area contributed by atoms with E-state index in [-0.39, 0.29) is 18.4 Å². The second-order valence-electron chi connectivity index (χ2n) is 5.69. The van der Waals surface area contributed by atoms with Crippen LogP contribution >= 0.6 is 0 Å². The third-order valence-corrected chi connectivity index (χ3v) is 4.03. The molecule has 1 fully saturated rings. The van der Waals surface area contributed by atoms with Crippen LogP contribution in [0.2, 0.25) is 0 Å². The molecule has 3 unspecified atom stereocenters. The summed E-state index contributed by atoms with van der Waals surface area (Å²) in [5.74, 6) is -1.07. The molecule has 0 aromatic rings. The van der Waals surface area contributed by atoms with Gasteiger partial charge in [0.1, 0.15) is 0 Å². The third-order valence-electron chi connectivity index (χ3n) is 4.03. The first-order valence-corrected chi connectivity index (χ1v) is 6.86. The van der Waals surface area contributed by atoms with E-state index in [1.165, 1.54) is 0 Å². The third kappa shape index (κ3) is 4.43. The summed E-state index contributed by atoms with van der Waals surface area (Å²) in [6.45, 7) is 4.98. The monoisotopic (exact) mass is 266 g/mol. The van der Waals surface area contributed by atoms with Crippen molar-refractivity contribution in [1.82, 2.24) is 5.32 Å². The van der Waals surface area contributed by atoms with Crippen LogP contribution in [0, 0.1) is 17.8 Å². The van der Waals surface area contributed by atoms with Crippen LogP contribution in [0.1, 0.15) is 39.5 Å². The SMILES string of the molecule is CC(C)C(CN)NCC1CCCCC1C(F)(F)F. The topological polar surface area (TPSA) is 38.0 Å². The Morgan fingerprint density at radius 3 is 2.33 bits per heavy atom. The van der Waals surface area contributed by atoms with E-state index < -0.39 is 12.1 Å². The smallest absolute Gasteiger partial charge is 0.329 e. The van der Waals surface area contributed by atoms with Gasteiger partial charge in [-0.15, -0.1) is 0 Å². The summed E-state index contributed by atoms with van der Waals surface area (Å²) in [6.07, 6.45) is -1.49. The van der Waals surface area contributed by atoms with E-state index >= 15 is 0 Å². The Labute approximate surface area is 107 Å². The van der Waals surface area contributed by atoms with Gasteiger partial charge in [-0.05, 0) is 31.2 Å². The van der Waals surface area contributed by atoms with Gasteiger partial charge in [-0.1, -0.05) is 26.7 Å². The van der Waals surface area contributed by atoms with Crippen LogP contribution in [0.25, 0.3) is 0 Å². The van der Waals surface area contributed by atoms with Gasteiger partial charge in [-0.25, -0.2) is 0 Å². The van der Waals surface area contributed by atoms with Gasteiger partial charge >= 0.3 is 6.18 Å². The number of nitrogens with one attached hydrogen (secondary N) is 1. The lowest BCUT2D eigenvalue weighted by molar-refractivity contribution is -0.195. The van der Waals surface area contributed by atoms with E-state index in [0.717, 1.165) is 6.42 Å². The number of hydrogen-bond donors (Lipinski definition) is 2. The minimum atomic E-state index is -4.05. The molecular weight excluding hydrogens is 241 g/mol. The maximum Gasteiger partial charge on any atom is 0.392 e. The fourth-order valence-electron chi connectivity index (χ4n) is 2.78. The zero-order valence-corrected chi connectivity index (χ0v) is 11.3. The van der Waals surface area contributed by atoms with Crippen molar-refractivity contribution in [1.29, 1.82) is 0 Å². The van der Waals surface area contributed by atoms with Gasteiger partial charge in [0.05, 0.1) is 5.92 Å². The normalized spacial score (nSPS) is 27.5. The Balaban J connectivity index is 2.52. The van der Waals surface area contributed by atoms with Crippen molar-refractivity contribution in [2.75, 3.05) is 13.1 Å². The van der Waals surface area contributed by atoms with Crippen molar-refractivity contribution in [3.63, 3.8) is 0 Å². The Morgan fingerprint density at radius 1 is 1.22 bits per heavy atom. The fraction of sp³-hybridized carbons (Fsp3) is 1.00. The lowest BCUT2D eigenvalue weighted by Gasteiger charge is -2.34. The Morgan fingerprint density at radius 2 is 1.83 bits per heavy atom. The highest BCUT2D eigenvalue weighted by atomic mass is 19.4. The number of hydrogen-bond acceptors (Lipinski definition) is 2. The molecule has 1 aliphatic rings. The zero-order valence-electron chi connectivity index (χ0n) is 11.3. The fourth-order valence-corrected chi connectivity index (χ4v) is 2.78. The summed E-state index contributed by atoms with van der Waals surface area (Å²) in [4.78, 5) is 0. The zero-order chi connectivity index (χ0) is 13.8. The van der Waals surface area contributed by atoms with Crippen LogP contribution < -0.4 is 11.1 Å². The maximum atomic E-state index is 12.9. The van der Waals surface area contributed by atoms with Crippen LogP contribution in [0.3, 0.4) is 0 Å². The molecule has 2 nitrogen and oxygen atoms in total. The van der Waals surface area contributed by atoms with Gasteiger partial charge in [0.2, 0.25) is 0 Å². The maximum absolute atomic E-state index is 12.9. The molecule has 1 saturated carbocycles. The van der Waals surface area contributed by atoms with Crippen molar-refractivity contribution < 1.29 is 13.2 Å². The number of nitrogens with two attached hydrogens (primary N) is 1. The molecule has 0 aromatic heterocycles. The molecule has 0 spiro atoms. The Hall–Kier alpha value is -0.290. The summed E-state index contributed by atoms with van der Waals surface area (Å²) < 4.78 is 38.7. The van der Waals surface area contributed by atoms with E-state index in [0.29, 0.717) is 31.8 Å². The molecule has 3 N–H and O–H groups in total. The average Bonchev–Trinajstić information content (AvgIpc) is 2.28. The molecule has 0 aliphatic heterocycles. The van der Waals surface area contributed by atoms with E-state index in [4.69, 9.17) is 5.73 Å². The van der Waals surface area contributed by atoms with Crippen LogP contribution in [0.4, 0.5) is 13.2 Å². The second kappa shape index (κ2) is 6.75. The molecule has 0 saturated heterocycles. The molecule has 0 bridgehead atoms. The van der Waals surface area contributed by atoms with E-state index in [1.807, 2.05) is 13.8 Å². The first-order valence-electron chi connectivity index (χ1n) is 6.86. The van der Waals surface area contributed by atoms with Crippen LogP contribution in [-0.2, 0) is 0 Å². The van der Waals surface area contributed by atoms with Crippen LogP contribution in [-0.4, -0.2) is 25.3 Å². The lowest BCUT2D eigenvalue weighted by Crippen LogP contribution is -2.46. The minimum absolute atomic E-state index is 0.112. The highest BCUT2D eigenvalue weighted by molar-refractivity contribution is 4.83. The Bertz CT molecular complexity index is 241. The van der Waals surface area contributed by atoms with Crippen LogP contribution in [0.5, 0.6) is 0 Å². The van der Waals surface area contributed by atoms with Gasteiger partial charge in [0, 0.05) is 12.6 Å². The van der Waals surface area contributed by atoms with Crippen molar-refractivity contribution >= 4 is 0 Å². The minimum Gasteiger partial charge on any atom is -0.329 e. The van der Waals surface area contributed by atoms with E-state index in [1.54, 1.807) is 0 Å². The number of halogens is 3. The Kier molecular flexibility index (Phi) is 5.92. The van der Waals surface area contributed by atoms with Crippen molar-refractivity contribution in [3.8, 4) is 0 Å². The first-order chi connectivity index (χ1) is 8.36. The molecule has 0 radical (unpaired) electrons. The quantitative estimate of drug-likeness (QED) is 0.803. The summed E-state index contributed by atoms with van der Waals surface area (Å²) in [7, 11) is 0. The lowest BCUT2D eigenvalue weighted by atomic mass is 9.78. The summed E-state index contributed by atoms with van der Waals surface area (Å²) in [6, 6.07) is 0.112. The molecule has 0 aromatic carbocycles. The summed E-state index contributed by atoms with van der Waals surface area (Å²) >= 11 is 0. The molecule has 108 valence electrons. The molecule has 5 heteroatoms. The van der Waals surface area contributed by atoms with Crippen molar-refractivity contribution in [2.24, 2.45) is 23.5 Å².